The number of hydrogen-bond donors (Lipinski definition) is 0. The second-order valence-electron chi connectivity index (χ2n) is 3.46. The lowest BCUT2D eigenvalue weighted by atomic mass is 10.2. The van der Waals surface area contributed by atoms with Gasteiger partial charge in [-0.2, -0.15) is 0 Å². The van der Waals surface area contributed by atoms with Crippen molar-refractivity contribution >= 4 is 0 Å². The van der Waals surface area contributed by atoms with E-state index in [1.807, 2.05) is 12.1 Å². The van der Waals surface area contributed by atoms with Crippen LogP contribution in [-0.4, -0.2) is 16.8 Å². The van der Waals surface area contributed by atoms with E-state index >= 15 is 0 Å². The molecule has 0 aliphatic carbocycles. The van der Waals surface area contributed by atoms with Crippen LogP contribution in [0.4, 0.5) is 0 Å². The van der Waals surface area contributed by atoms with Gasteiger partial charge in [-0.3, -0.25) is 0 Å². The van der Waals surface area contributed by atoms with E-state index in [-0.39, 0.29) is 0 Å². The number of benzene rings is 1. The molecule has 0 N–H and O–H groups in total. The topological polar surface area (TPSA) is 60.7 Å². The van der Waals surface area contributed by atoms with Gasteiger partial charge in [0.2, 0.25) is 12.1 Å². The molecular weight excluding hydrogens is 208 g/mol. The zero-order valence-corrected chi connectivity index (χ0v) is 8.77. The summed E-state index contributed by atoms with van der Waals surface area (Å²) in [6, 6.07) is 3.73. The minimum Gasteiger partial charge on any atom is -0.490 e. The van der Waals surface area contributed by atoms with E-state index in [1.54, 1.807) is 0 Å². The molecule has 0 bridgehead atoms. The first-order valence-corrected chi connectivity index (χ1v) is 5.14. The predicted molar refractivity (Wildman–Crippen MR) is 55.6 cm³/mol. The Bertz CT molecular complexity index is 508. The number of ether oxygens (including phenoxy) is 2. The maximum absolute atomic E-state index is 5.52. The quantitative estimate of drug-likeness (QED) is 0.630. The fourth-order valence-electron chi connectivity index (χ4n) is 1.51. The molecule has 16 heavy (non-hydrogen) atoms. The average molecular weight is 218 g/mol. The summed E-state index contributed by atoms with van der Waals surface area (Å²) in [4.78, 5) is 0. The standard InChI is InChI=1S/C11H10N2O3/c1-2-5-14-8-4-3-7(9-10(8)16-9)11-13-12-6-15-11/h3-4,6H,2,5H2,1H3. The van der Waals surface area contributed by atoms with E-state index in [9.17, 15) is 0 Å². The first-order valence-electron chi connectivity index (χ1n) is 5.14. The highest BCUT2D eigenvalue weighted by Gasteiger charge is 2.32. The van der Waals surface area contributed by atoms with Crippen LogP contribution in [0, 0.1) is 0 Å². The molecule has 1 aliphatic heterocycles. The Balaban J connectivity index is 1.90. The van der Waals surface area contributed by atoms with Gasteiger partial charge in [-0.05, 0) is 18.6 Å². The largest absolute Gasteiger partial charge is 0.490 e. The maximum atomic E-state index is 5.52. The number of hydrogen-bond acceptors (Lipinski definition) is 5. The van der Waals surface area contributed by atoms with Crippen LogP contribution < -0.4 is 9.47 Å². The minimum absolute atomic E-state index is 0.468. The summed E-state index contributed by atoms with van der Waals surface area (Å²) in [5, 5.41) is 7.47. The fraction of sp³-hybridized carbons (Fsp3) is 0.273. The van der Waals surface area contributed by atoms with Crippen LogP contribution in [0.3, 0.4) is 0 Å². The van der Waals surface area contributed by atoms with Crippen molar-refractivity contribution in [3.63, 3.8) is 0 Å². The van der Waals surface area contributed by atoms with Gasteiger partial charge in [-0.25, -0.2) is 0 Å². The lowest BCUT2D eigenvalue weighted by molar-refractivity contribution is 0.314. The summed E-state index contributed by atoms with van der Waals surface area (Å²) in [6.45, 7) is 2.75. The SMILES string of the molecule is CCCOc1ccc(-c2nnco2)c2c1O2. The smallest absolute Gasteiger partial charge is 0.251 e. The van der Waals surface area contributed by atoms with Gasteiger partial charge >= 0.3 is 0 Å². The second kappa shape index (κ2) is 3.52. The Morgan fingerprint density at radius 2 is 2.25 bits per heavy atom. The van der Waals surface area contributed by atoms with Crippen molar-refractivity contribution in [1.29, 1.82) is 0 Å². The Morgan fingerprint density at radius 1 is 1.31 bits per heavy atom. The fourth-order valence-corrected chi connectivity index (χ4v) is 1.51. The molecule has 1 aromatic heterocycles. The molecule has 0 amide bonds. The molecular formula is C11H10N2O3. The van der Waals surface area contributed by atoms with Gasteiger partial charge in [-0.15, -0.1) is 10.2 Å². The Kier molecular flexibility index (Phi) is 2.02. The number of aromatic nitrogens is 2. The molecule has 1 aliphatic rings. The molecule has 0 spiro atoms. The first-order chi connectivity index (χ1) is 7.90. The molecule has 5 nitrogen and oxygen atoms in total. The van der Waals surface area contributed by atoms with Gasteiger partial charge in [0.25, 0.3) is 5.89 Å². The predicted octanol–water partition coefficient (Wildman–Crippen LogP) is 2.63. The van der Waals surface area contributed by atoms with Crippen LogP contribution >= 0.6 is 0 Å². The van der Waals surface area contributed by atoms with Crippen molar-refractivity contribution in [1.82, 2.24) is 10.2 Å². The summed E-state index contributed by atoms with van der Waals surface area (Å²) in [5.74, 6) is 2.80. The molecule has 0 atom stereocenters. The maximum Gasteiger partial charge on any atom is 0.251 e. The lowest BCUT2D eigenvalue weighted by Gasteiger charge is -2.00. The number of fused-ring (bicyclic) bond motifs is 1. The van der Waals surface area contributed by atoms with Gasteiger partial charge in [0, 0.05) is 0 Å². The summed E-state index contributed by atoms with van der Waals surface area (Å²) < 4.78 is 16.0. The highest BCUT2D eigenvalue weighted by molar-refractivity contribution is 5.79. The molecule has 1 aromatic carbocycles. The molecule has 0 radical (unpaired) electrons. The highest BCUT2D eigenvalue weighted by Crippen LogP contribution is 2.57. The van der Waals surface area contributed by atoms with Crippen molar-refractivity contribution in [2.24, 2.45) is 0 Å². The normalized spacial score (nSPS) is 11.8. The Labute approximate surface area is 92.0 Å². The Hall–Kier alpha value is -2.04. The molecule has 2 heterocycles. The zero-order valence-electron chi connectivity index (χ0n) is 8.77. The van der Waals surface area contributed by atoms with Gasteiger partial charge in [0.05, 0.1) is 12.2 Å². The molecule has 0 unspecified atom stereocenters. The van der Waals surface area contributed by atoms with Gasteiger partial charge in [0.1, 0.15) is 0 Å². The summed E-state index contributed by atoms with van der Waals surface area (Å²) >= 11 is 0. The molecule has 0 fully saturated rings. The van der Waals surface area contributed by atoms with E-state index in [0.29, 0.717) is 12.5 Å². The van der Waals surface area contributed by atoms with Crippen LogP contribution in [0.15, 0.2) is 22.9 Å². The van der Waals surface area contributed by atoms with Crippen LogP contribution in [0.1, 0.15) is 13.3 Å². The monoisotopic (exact) mass is 218 g/mol. The summed E-state index contributed by atoms with van der Waals surface area (Å²) in [7, 11) is 0. The van der Waals surface area contributed by atoms with E-state index in [0.717, 1.165) is 29.2 Å². The average Bonchev–Trinajstić information content (AvgIpc) is 2.93. The lowest BCUT2D eigenvalue weighted by Crippen LogP contribution is -1.93. The van der Waals surface area contributed by atoms with Crippen molar-refractivity contribution < 1.29 is 13.9 Å². The van der Waals surface area contributed by atoms with Gasteiger partial charge < -0.3 is 13.9 Å². The first kappa shape index (κ1) is 9.21. The van der Waals surface area contributed by atoms with Gasteiger partial charge in [-0.1, -0.05) is 6.92 Å². The second-order valence-corrected chi connectivity index (χ2v) is 3.46. The minimum atomic E-state index is 0.468. The molecule has 2 aromatic rings. The Morgan fingerprint density at radius 3 is 3.00 bits per heavy atom. The zero-order chi connectivity index (χ0) is 11.0. The van der Waals surface area contributed by atoms with Crippen LogP contribution in [0.5, 0.6) is 17.2 Å². The van der Waals surface area contributed by atoms with Crippen molar-refractivity contribution in [2.45, 2.75) is 13.3 Å². The van der Waals surface area contributed by atoms with Crippen LogP contribution in [0.25, 0.3) is 11.5 Å². The summed E-state index contributed by atoms with van der Waals surface area (Å²) in [6.07, 6.45) is 2.27. The van der Waals surface area contributed by atoms with E-state index in [4.69, 9.17) is 13.9 Å². The van der Waals surface area contributed by atoms with E-state index in [2.05, 4.69) is 17.1 Å². The number of nitrogens with zero attached hydrogens (tertiary/aromatic N) is 2. The molecule has 5 heteroatoms. The van der Waals surface area contributed by atoms with Crippen molar-refractivity contribution in [2.75, 3.05) is 6.61 Å². The molecule has 0 saturated carbocycles. The third-order valence-electron chi connectivity index (χ3n) is 2.29. The third kappa shape index (κ3) is 1.41. The van der Waals surface area contributed by atoms with Gasteiger partial charge in [0.15, 0.2) is 11.5 Å². The molecule has 3 rings (SSSR count). The summed E-state index contributed by atoms with van der Waals surface area (Å²) in [5.41, 5.74) is 0.816. The van der Waals surface area contributed by atoms with Crippen molar-refractivity contribution in [3.05, 3.63) is 18.5 Å². The van der Waals surface area contributed by atoms with Crippen LogP contribution in [0.2, 0.25) is 0 Å². The highest BCUT2D eigenvalue weighted by atomic mass is 16.6. The molecule has 82 valence electrons. The van der Waals surface area contributed by atoms with Crippen molar-refractivity contribution in [3.8, 4) is 28.7 Å². The molecule has 0 saturated heterocycles. The van der Waals surface area contributed by atoms with E-state index < -0.39 is 0 Å². The van der Waals surface area contributed by atoms with E-state index in [1.165, 1.54) is 6.39 Å². The third-order valence-corrected chi connectivity index (χ3v) is 2.29. The number of rotatable bonds is 4. The van der Waals surface area contributed by atoms with Crippen LogP contribution in [-0.2, 0) is 0 Å².